The Labute approximate surface area is 162 Å². The highest BCUT2D eigenvalue weighted by molar-refractivity contribution is 6.32. The van der Waals surface area contributed by atoms with Gasteiger partial charge in [-0.15, -0.1) is 0 Å². The number of halogens is 1. The summed E-state index contributed by atoms with van der Waals surface area (Å²) in [6.45, 7) is 2.30. The number of para-hydroxylation sites is 2. The molecule has 1 N–H and O–H groups in total. The first kappa shape index (κ1) is 20.1. The first-order chi connectivity index (χ1) is 13.0. The van der Waals surface area contributed by atoms with E-state index < -0.39 is 5.91 Å². The van der Waals surface area contributed by atoms with Crippen LogP contribution in [-0.2, 0) is 4.79 Å². The Morgan fingerprint density at radius 1 is 1.22 bits per heavy atom. The van der Waals surface area contributed by atoms with Crippen molar-refractivity contribution in [3.05, 3.63) is 52.6 Å². The summed E-state index contributed by atoms with van der Waals surface area (Å²) in [5.74, 6) is 0.746. The van der Waals surface area contributed by atoms with Gasteiger partial charge >= 0.3 is 0 Å². The van der Waals surface area contributed by atoms with Gasteiger partial charge in [0.05, 0.1) is 31.5 Å². The average Bonchev–Trinajstić information content (AvgIpc) is 2.67. The molecule has 0 saturated heterocycles. The maximum absolute atomic E-state index is 12.5. The smallest absolute Gasteiger partial charge is 0.266 e. The number of nitriles is 1. The Balaban J connectivity index is 2.33. The van der Waals surface area contributed by atoms with Gasteiger partial charge in [0, 0.05) is 0 Å². The summed E-state index contributed by atoms with van der Waals surface area (Å²) < 4.78 is 15.9. The van der Waals surface area contributed by atoms with E-state index in [1.165, 1.54) is 20.3 Å². The first-order valence-corrected chi connectivity index (χ1v) is 8.48. The summed E-state index contributed by atoms with van der Waals surface area (Å²) in [5.41, 5.74) is 0.919. The fourth-order valence-electron chi connectivity index (χ4n) is 2.38. The molecule has 27 heavy (non-hydrogen) atoms. The number of anilines is 1. The van der Waals surface area contributed by atoms with E-state index in [1.54, 1.807) is 36.4 Å². The van der Waals surface area contributed by atoms with E-state index in [-0.39, 0.29) is 5.57 Å². The van der Waals surface area contributed by atoms with Crippen LogP contribution >= 0.6 is 11.6 Å². The molecule has 0 heterocycles. The van der Waals surface area contributed by atoms with Crippen molar-refractivity contribution in [1.29, 1.82) is 5.26 Å². The number of nitrogens with zero attached hydrogens (tertiary/aromatic N) is 1. The van der Waals surface area contributed by atoms with E-state index >= 15 is 0 Å². The second-order valence-electron chi connectivity index (χ2n) is 5.29. The number of hydrogen-bond donors (Lipinski definition) is 1. The number of carbonyl (C=O) groups excluding carboxylic acids is 1. The van der Waals surface area contributed by atoms with Gasteiger partial charge in [-0.05, 0) is 42.8 Å². The number of hydrogen-bond acceptors (Lipinski definition) is 5. The third kappa shape index (κ3) is 4.93. The Kier molecular flexibility index (Phi) is 7.09. The van der Waals surface area contributed by atoms with E-state index in [2.05, 4.69) is 5.32 Å². The number of rotatable bonds is 7. The molecule has 0 aromatic heterocycles. The van der Waals surface area contributed by atoms with Crippen molar-refractivity contribution in [2.75, 3.05) is 26.1 Å². The molecular weight excluding hydrogens is 368 g/mol. The summed E-state index contributed by atoms with van der Waals surface area (Å²) in [6, 6.07) is 12.1. The highest BCUT2D eigenvalue weighted by atomic mass is 35.5. The molecule has 140 valence electrons. The van der Waals surface area contributed by atoms with Gasteiger partial charge in [0.1, 0.15) is 17.4 Å². The van der Waals surface area contributed by atoms with E-state index in [4.69, 9.17) is 25.8 Å². The van der Waals surface area contributed by atoms with Gasteiger partial charge in [0.15, 0.2) is 11.5 Å². The predicted molar refractivity (Wildman–Crippen MR) is 104 cm³/mol. The summed E-state index contributed by atoms with van der Waals surface area (Å²) in [6.07, 6.45) is 1.42. The van der Waals surface area contributed by atoms with Crippen LogP contribution in [0.25, 0.3) is 6.08 Å². The SMILES string of the molecule is CCOc1ccccc1NC(=O)/C(C#N)=C/c1cc(Cl)c(OC)c(OC)c1. The number of amides is 1. The zero-order valence-electron chi connectivity index (χ0n) is 15.2. The van der Waals surface area contributed by atoms with Crippen LogP contribution in [0.5, 0.6) is 17.2 Å². The van der Waals surface area contributed by atoms with Gasteiger partial charge in [-0.25, -0.2) is 0 Å². The Morgan fingerprint density at radius 3 is 2.59 bits per heavy atom. The average molecular weight is 387 g/mol. The van der Waals surface area contributed by atoms with Crippen LogP contribution in [0.3, 0.4) is 0 Å². The largest absolute Gasteiger partial charge is 0.493 e. The molecule has 0 radical (unpaired) electrons. The lowest BCUT2D eigenvalue weighted by Gasteiger charge is -2.12. The molecule has 0 atom stereocenters. The van der Waals surface area contributed by atoms with Crippen molar-refractivity contribution in [1.82, 2.24) is 0 Å². The van der Waals surface area contributed by atoms with E-state index in [0.717, 1.165) is 0 Å². The third-order valence-corrected chi connectivity index (χ3v) is 3.85. The minimum Gasteiger partial charge on any atom is -0.493 e. The van der Waals surface area contributed by atoms with Gasteiger partial charge in [-0.1, -0.05) is 23.7 Å². The Morgan fingerprint density at radius 2 is 1.96 bits per heavy atom. The monoisotopic (exact) mass is 386 g/mol. The topological polar surface area (TPSA) is 80.6 Å². The molecule has 0 saturated carbocycles. The first-order valence-electron chi connectivity index (χ1n) is 8.10. The number of ether oxygens (including phenoxy) is 3. The molecular formula is C20H19ClN2O4. The number of nitrogens with one attached hydrogen (secondary N) is 1. The Hall–Kier alpha value is -3.17. The molecule has 0 aliphatic carbocycles. The number of methoxy groups -OCH3 is 2. The van der Waals surface area contributed by atoms with Crippen LogP contribution in [-0.4, -0.2) is 26.7 Å². The molecule has 6 nitrogen and oxygen atoms in total. The predicted octanol–water partition coefficient (Wildman–Crippen LogP) is 4.30. The molecule has 0 spiro atoms. The van der Waals surface area contributed by atoms with Crippen LogP contribution in [0.4, 0.5) is 5.69 Å². The summed E-state index contributed by atoms with van der Waals surface area (Å²) in [4.78, 5) is 12.5. The van der Waals surface area contributed by atoms with Gasteiger partial charge in [-0.2, -0.15) is 5.26 Å². The third-order valence-electron chi connectivity index (χ3n) is 3.57. The zero-order chi connectivity index (χ0) is 19.8. The lowest BCUT2D eigenvalue weighted by molar-refractivity contribution is -0.112. The fourth-order valence-corrected chi connectivity index (χ4v) is 2.67. The van der Waals surface area contributed by atoms with Crippen molar-refractivity contribution in [2.45, 2.75) is 6.92 Å². The van der Waals surface area contributed by atoms with Crippen LogP contribution in [0, 0.1) is 11.3 Å². The lowest BCUT2D eigenvalue weighted by Crippen LogP contribution is -2.14. The second-order valence-corrected chi connectivity index (χ2v) is 5.70. The van der Waals surface area contributed by atoms with Crippen molar-refractivity contribution in [3.63, 3.8) is 0 Å². The summed E-state index contributed by atoms with van der Waals surface area (Å²) in [7, 11) is 2.95. The quantitative estimate of drug-likeness (QED) is 0.566. The molecule has 0 aliphatic rings. The van der Waals surface area contributed by atoms with Crippen LogP contribution in [0.1, 0.15) is 12.5 Å². The standard InChI is InChI=1S/C20H19ClN2O4/c1-4-27-17-8-6-5-7-16(17)23-20(24)14(12-22)9-13-10-15(21)19(26-3)18(11-13)25-2/h5-11H,4H2,1-3H3,(H,23,24)/b14-9+. The van der Waals surface area contributed by atoms with Crippen molar-refractivity contribution < 1.29 is 19.0 Å². The molecule has 2 rings (SSSR count). The van der Waals surface area contributed by atoms with Crippen molar-refractivity contribution in [3.8, 4) is 23.3 Å². The van der Waals surface area contributed by atoms with Crippen molar-refractivity contribution in [2.24, 2.45) is 0 Å². The normalized spacial score (nSPS) is 10.7. The molecule has 1 amide bonds. The molecule has 0 fully saturated rings. The fraction of sp³-hybridized carbons (Fsp3) is 0.200. The number of carbonyl (C=O) groups is 1. The summed E-state index contributed by atoms with van der Waals surface area (Å²) >= 11 is 6.17. The number of benzene rings is 2. The summed E-state index contributed by atoms with van der Waals surface area (Å²) in [5, 5.41) is 12.4. The van der Waals surface area contributed by atoms with Crippen LogP contribution < -0.4 is 19.5 Å². The Bertz CT molecular complexity index is 903. The van der Waals surface area contributed by atoms with Gasteiger partial charge in [0.2, 0.25) is 0 Å². The van der Waals surface area contributed by atoms with Gasteiger partial charge in [0.25, 0.3) is 5.91 Å². The molecule has 7 heteroatoms. The highest BCUT2D eigenvalue weighted by Crippen LogP contribution is 2.36. The zero-order valence-corrected chi connectivity index (χ0v) is 16.0. The highest BCUT2D eigenvalue weighted by Gasteiger charge is 2.15. The molecule has 2 aromatic carbocycles. The van der Waals surface area contributed by atoms with E-state index in [1.807, 2.05) is 13.0 Å². The molecule has 0 aliphatic heterocycles. The van der Waals surface area contributed by atoms with E-state index in [9.17, 15) is 10.1 Å². The lowest BCUT2D eigenvalue weighted by atomic mass is 10.1. The van der Waals surface area contributed by atoms with Crippen molar-refractivity contribution >= 4 is 29.3 Å². The molecule has 2 aromatic rings. The van der Waals surface area contributed by atoms with Gasteiger partial charge in [-0.3, -0.25) is 4.79 Å². The second kappa shape index (κ2) is 9.51. The van der Waals surface area contributed by atoms with E-state index in [0.29, 0.717) is 40.1 Å². The maximum atomic E-state index is 12.5. The minimum atomic E-state index is -0.560. The van der Waals surface area contributed by atoms with Gasteiger partial charge < -0.3 is 19.5 Å². The molecule has 0 unspecified atom stereocenters. The van der Waals surface area contributed by atoms with Crippen LogP contribution in [0.15, 0.2) is 42.0 Å². The van der Waals surface area contributed by atoms with Crippen LogP contribution in [0.2, 0.25) is 5.02 Å². The minimum absolute atomic E-state index is 0.0930. The molecule has 0 bridgehead atoms. The maximum Gasteiger partial charge on any atom is 0.266 e.